The molecule has 1 saturated heterocycles. The van der Waals surface area contributed by atoms with Crippen molar-refractivity contribution in [2.24, 2.45) is 5.92 Å². The molecule has 0 amide bonds. The number of aromatic nitrogens is 2. The van der Waals surface area contributed by atoms with Gasteiger partial charge in [-0.15, -0.1) is 0 Å². The molecule has 2 N–H and O–H groups in total. The monoisotopic (exact) mass is 286 g/mol. The molecular formula is C12H22N4O2S. The molecule has 2 heterocycles. The van der Waals surface area contributed by atoms with E-state index in [-0.39, 0.29) is 0 Å². The van der Waals surface area contributed by atoms with Gasteiger partial charge in [0.15, 0.2) is 0 Å². The number of hydrogen-bond acceptors (Lipinski definition) is 4. The van der Waals surface area contributed by atoms with E-state index in [1.807, 2.05) is 7.05 Å². The number of hydrogen-bond donors (Lipinski definition) is 2. The molecular weight excluding hydrogens is 264 g/mol. The lowest BCUT2D eigenvalue weighted by Gasteiger charge is -2.31. The summed E-state index contributed by atoms with van der Waals surface area (Å²) in [6, 6.07) is 0. The van der Waals surface area contributed by atoms with Gasteiger partial charge in [0.2, 0.25) is 10.0 Å². The first-order valence-corrected chi connectivity index (χ1v) is 8.07. The first kappa shape index (κ1) is 14.5. The third-order valence-corrected chi connectivity index (χ3v) is 5.76. The van der Waals surface area contributed by atoms with Gasteiger partial charge >= 0.3 is 0 Å². The lowest BCUT2D eigenvalue weighted by Crippen LogP contribution is -2.42. The molecule has 108 valence electrons. The number of aromatic amines is 1. The summed E-state index contributed by atoms with van der Waals surface area (Å²) in [5.74, 6) is 0.390. The van der Waals surface area contributed by atoms with Crippen molar-refractivity contribution >= 4 is 10.0 Å². The van der Waals surface area contributed by atoms with Crippen molar-refractivity contribution in [1.29, 1.82) is 0 Å². The highest BCUT2D eigenvalue weighted by atomic mass is 32.2. The minimum atomic E-state index is -3.42. The van der Waals surface area contributed by atoms with Gasteiger partial charge in [-0.3, -0.25) is 5.10 Å². The zero-order valence-corrected chi connectivity index (χ0v) is 12.5. The minimum absolute atomic E-state index is 0.345. The minimum Gasteiger partial charge on any atom is -0.319 e. The molecule has 1 aliphatic rings. The molecule has 19 heavy (non-hydrogen) atoms. The van der Waals surface area contributed by atoms with Gasteiger partial charge in [0, 0.05) is 13.1 Å². The molecule has 1 atom stereocenters. The Labute approximate surface area is 114 Å². The predicted octanol–water partition coefficient (Wildman–Crippen LogP) is 0.647. The zero-order valence-electron chi connectivity index (χ0n) is 11.7. The number of sulfonamides is 1. The fraction of sp³-hybridized carbons (Fsp3) is 0.750. The summed E-state index contributed by atoms with van der Waals surface area (Å²) in [5.41, 5.74) is 1.17. The normalized spacial score (nSPS) is 21.7. The highest BCUT2D eigenvalue weighted by molar-refractivity contribution is 7.89. The van der Waals surface area contributed by atoms with Gasteiger partial charge in [0.05, 0.1) is 11.4 Å². The van der Waals surface area contributed by atoms with E-state index in [9.17, 15) is 8.42 Å². The summed E-state index contributed by atoms with van der Waals surface area (Å²) < 4.78 is 27.0. The number of piperidine rings is 1. The van der Waals surface area contributed by atoms with Crippen LogP contribution >= 0.6 is 0 Å². The molecule has 1 aliphatic heterocycles. The van der Waals surface area contributed by atoms with E-state index in [0.717, 1.165) is 19.4 Å². The van der Waals surface area contributed by atoms with Crippen LogP contribution in [0.15, 0.2) is 4.90 Å². The van der Waals surface area contributed by atoms with Crippen LogP contribution in [0.5, 0.6) is 0 Å². The Morgan fingerprint density at radius 3 is 2.79 bits per heavy atom. The Morgan fingerprint density at radius 1 is 1.47 bits per heavy atom. The molecule has 0 spiro atoms. The Morgan fingerprint density at radius 2 is 2.21 bits per heavy atom. The van der Waals surface area contributed by atoms with E-state index >= 15 is 0 Å². The van der Waals surface area contributed by atoms with Crippen molar-refractivity contribution in [2.45, 2.75) is 31.6 Å². The smallest absolute Gasteiger partial charge is 0.246 e. The molecule has 0 aromatic carbocycles. The number of aryl methyl sites for hydroxylation is 2. The molecule has 0 saturated carbocycles. The molecule has 1 fully saturated rings. The Balaban J connectivity index is 2.25. The molecule has 0 bridgehead atoms. The Hall–Kier alpha value is -0.920. The number of nitrogens with one attached hydrogen (secondary N) is 2. The molecule has 1 aromatic rings. The van der Waals surface area contributed by atoms with Gasteiger partial charge in [-0.2, -0.15) is 9.40 Å². The Bertz CT molecular complexity index is 516. The third-order valence-electron chi connectivity index (χ3n) is 3.63. The summed E-state index contributed by atoms with van der Waals surface area (Å²) in [7, 11) is -1.52. The number of rotatable bonds is 4. The summed E-state index contributed by atoms with van der Waals surface area (Å²) in [4.78, 5) is 0.345. The highest BCUT2D eigenvalue weighted by Gasteiger charge is 2.33. The molecule has 1 aromatic heterocycles. The van der Waals surface area contributed by atoms with Gasteiger partial charge < -0.3 is 5.32 Å². The average Bonchev–Trinajstić information content (AvgIpc) is 2.70. The van der Waals surface area contributed by atoms with Gasteiger partial charge in [-0.05, 0) is 46.2 Å². The fourth-order valence-electron chi connectivity index (χ4n) is 2.75. The average molecular weight is 286 g/mol. The SMILES string of the molecule is CNC[C@@H]1CCCN(S(=O)(=O)c2c(C)n[nH]c2C)C1. The first-order valence-electron chi connectivity index (χ1n) is 6.63. The summed E-state index contributed by atoms with van der Waals surface area (Å²) in [6.45, 7) is 5.53. The van der Waals surface area contributed by atoms with Crippen LogP contribution in [0, 0.1) is 19.8 Å². The standard InChI is InChI=1S/C12H22N4O2S/c1-9-12(10(2)15-14-9)19(17,18)16-6-4-5-11(8-16)7-13-3/h11,13H,4-8H2,1-3H3,(H,14,15)/t11-/m0/s1. The van der Waals surface area contributed by atoms with E-state index in [2.05, 4.69) is 15.5 Å². The second-order valence-electron chi connectivity index (χ2n) is 5.19. The van der Waals surface area contributed by atoms with Crippen molar-refractivity contribution < 1.29 is 8.42 Å². The van der Waals surface area contributed by atoms with Crippen LogP contribution in [-0.2, 0) is 10.0 Å². The first-order chi connectivity index (χ1) is 8.96. The molecule has 6 nitrogen and oxygen atoms in total. The molecule has 0 radical (unpaired) electrons. The molecule has 0 unspecified atom stereocenters. The molecule has 2 rings (SSSR count). The maximum atomic E-state index is 12.7. The Kier molecular flexibility index (Phi) is 4.27. The zero-order chi connectivity index (χ0) is 14.0. The maximum Gasteiger partial charge on any atom is 0.246 e. The molecule has 7 heteroatoms. The van der Waals surface area contributed by atoms with E-state index < -0.39 is 10.0 Å². The maximum absolute atomic E-state index is 12.7. The quantitative estimate of drug-likeness (QED) is 0.852. The highest BCUT2D eigenvalue weighted by Crippen LogP contribution is 2.26. The van der Waals surface area contributed by atoms with Crippen LogP contribution < -0.4 is 5.32 Å². The second kappa shape index (κ2) is 5.60. The van der Waals surface area contributed by atoms with Crippen molar-refractivity contribution in [1.82, 2.24) is 19.8 Å². The number of H-pyrrole nitrogens is 1. The lowest BCUT2D eigenvalue weighted by atomic mass is 10.00. The van der Waals surface area contributed by atoms with E-state index in [4.69, 9.17) is 0 Å². The largest absolute Gasteiger partial charge is 0.319 e. The lowest BCUT2D eigenvalue weighted by molar-refractivity contribution is 0.263. The van der Waals surface area contributed by atoms with E-state index in [0.29, 0.717) is 35.3 Å². The van der Waals surface area contributed by atoms with Crippen LogP contribution in [0.2, 0.25) is 0 Å². The fourth-order valence-corrected chi connectivity index (χ4v) is 4.64. The van der Waals surface area contributed by atoms with Crippen molar-refractivity contribution in [2.75, 3.05) is 26.7 Å². The number of nitrogens with zero attached hydrogens (tertiary/aromatic N) is 2. The van der Waals surface area contributed by atoms with Gasteiger partial charge in [0.25, 0.3) is 0 Å². The van der Waals surface area contributed by atoms with Crippen molar-refractivity contribution in [3.8, 4) is 0 Å². The predicted molar refractivity (Wildman–Crippen MR) is 73.5 cm³/mol. The van der Waals surface area contributed by atoms with Gasteiger partial charge in [-0.25, -0.2) is 8.42 Å². The second-order valence-corrected chi connectivity index (χ2v) is 7.07. The third kappa shape index (κ3) is 2.82. The summed E-state index contributed by atoms with van der Waals surface area (Å²) >= 11 is 0. The van der Waals surface area contributed by atoms with Crippen LogP contribution in [0.1, 0.15) is 24.2 Å². The van der Waals surface area contributed by atoms with E-state index in [1.54, 1.807) is 18.2 Å². The van der Waals surface area contributed by atoms with Gasteiger partial charge in [0.1, 0.15) is 4.90 Å². The van der Waals surface area contributed by atoms with Gasteiger partial charge in [-0.1, -0.05) is 0 Å². The summed E-state index contributed by atoms with van der Waals surface area (Å²) in [5, 5.41) is 9.87. The topological polar surface area (TPSA) is 78.1 Å². The van der Waals surface area contributed by atoms with E-state index in [1.165, 1.54) is 0 Å². The van der Waals surface area contributed by atoms with Crippen LogP contribution in [0.4, 0.5) is 0 Å². The summed E-state index contributed by atoms with van der Waals surface area (Å²) in [6.07, 6.45) is 2.00. The van der Waals surface area contributed by atoms with Crippen molar-refractivity contribution in [3.05, 3.63) is 11.4 Å². The van der Waals surface area contributed by atoms with Crippen LogP contribution in [0.3, 0.4) is 0 Å². The van der Waals surface area contributed by atoms with Crippen molar-refractivity contribution in [3.63, 3.8) is 0 Å². The molecule has 0 aliphatic carbocycles. The van der Waals surface area contributed by atoms with Crippen LogP contribution in [-0.4, -0.2) is 49.6 Å². The van der Waals surface area contributed by atoms with Crippen LogP contribution in [0.25, 0.3) is 0 Å².